The van der Waals surface area contributed by atoms with Crippen LogP contribution in [0, 0.1) is 29.6 Å². The van der Waals surface area contributed by atoms with Crippen LogP contribution in [0.3, 0.4) is 0 Å². The van der Waals surface area contributed by atoms with Crippen LogP contribution in [0.1, 0.15) is 65.2 Å². The molecule has 0 aromatic rings. The van der Waals surface area contributed by atoms with Crippen LogP contribution in [0.2, 0.25) is 0 Å². The SMILES string of the molecule is C[C@@H](CC[C@@H]1CCC=C2C=C[C@H](C)[C@H](CC[C@@H]3C[C@@H](O)CC(=O)O3)[C@H]21)C(=O)O. The number of carboxylic acid groups (broad SMARTS) is 1. The van der Waals surface area contributed by atoms with Crippen LogP contribution in [0.5, 0.6) is 0 Å². The van der Waals surface area contributed by atoms with E-state index in [0.29, 0.717) is 30.1 Å². The van der Waals surface area contributed by atoms with E-state index in [2.05, 4.69) is 25.2 Å². The van der Waals surface area contributed by atoms with E-state index in [1.54, 1.807) is 6.92 Å². The Morgan fingerprint density at radius 3 is 2.82 bits per heavy atom. The molecule has 1 saturated heterocycles. The van der Waals surface area contributed by atoms with E-state index in [9.17, 15) is 19.8 Å². The highest BCUT2D eigenvalue weighted by atomic mass is 16.5. The topological polar surface area (TPSA) is 83.8 Å². The highest BCUT2D eigenvalue weighted by Crippen LogP contribution is 2.47. The van der Waals surface area contributed by atoms with Crippen molar-refractivity contribution in [2.75, 3.05) is 0 Å². The van der Waals surface area contributed by atoms with E-state index in [1.165, 1.54) is 5.57 Å². The molecule has 0 radical (unpaired) electrons. The molecule has 2 N–H and O–H groups in total. The van der Waals surface area contributed by atoms with E-state index in [1.807, 2.05) is 0 Å². The minimum atomic E-state index is -0.710. The van der Waals surface area contributed by atoms with Crippen LogP contribution >= 0.6 is 0 Å². The molecule has 1 heterocycles. The number of hydrogen-bond donors (Lipinski definition) is 2. The van der Waals surface area contributed by atoms with Gasteiger partial charge in [-0.15, -0.1) is 0 Å². The first kappa shape index (κ1) is 21.1. The molecule has 5 nitrogen and oxygen atoms in total. The van der Waals surface area contributed by atoms with Crippen molar-refractivity contribution in [3.05, 3.63) is 23.8 Å². The van der Waals surface area contributed by atoms with Crippen LogP contribution in [0.4, 0.5) is 0 Å². The molecule has 0 bridgehead atoms. The Morgan fingerprint density at radius 2 is 2.11 bits per heavy atom. The molecule has 28 heavy (non-hydrogen) atoms. The molecule has 5 heteroatoms. The molecule has 3 rings (SSSR count). The molecule has 0 spiro atoms. The summed E-state index contributed by atoms with van der Waals surface area (Å²) in [7, 11) is 0. The van der Waals surface area contributed by atoms with Gasteiger partial charge in [-0.05, 0) is 67.8 Å². The Bertz CT molecular complexity index is 637. The van der Waals surface area contributed by atoms with Gasteiger partial charge in [-0.1, -0.05) is 32.1 Å². The average Bonchev–Trinajstić information content (AvgIpc) is 2.64. The number of allylic oxidation sites excluding steroid dienone is 4. The fourth-order valence-electron chi connectivity index (χ4n) is 5.33. The number of aliphatic hydroxyl groups is 1. The number of carbonyl (C=O) groups is 2. The zero-order chi connectivity index (χ0) is 20.3. The lowest BCUT2D eigenvalue weighted by Crippen LogP contribution is -2.36. The first-order chi connectivity index (χ1) is 13.3. The number of aliphatic hydroxyl groups excluding tert-OH is 1. The van der Waals surface area contributed by atoms with Gasteiger partial charge in [0.25, 0.3) is 0 Å². The first-order valence-electron chi connectivity index (χ1n) is 10.8. The Kier molecular flexibility index (Phi) is 6.97. The van der Waals surface area contributed by atoms with Crippen LogP contribution in [0.25, 0.3) is 0 Å². The Morgan fingerprint density at radius 1 is 1.32 bits per heavy atom. The maximum Gasteiger partial charge on any atom is 0.308 e. The molecule has 1 fully saturated rings. The highest BCUT2D eigenvalue weighted by molar-refractivity contribution is 5.71. The third-order valence-corrected chi connectivity index (χ3v) is 6.99. The molecule has 0 aromatic heterocycles. The number of aliphatic carboxylic acids is 1. The standard InChI is InChI=1S/C23H34O5/c1-14-6-8-16-4-3-5-17(9-7-15(2)23(26)27)22(16)20(14)11-10-19-12-18(24)13-21(25)28-19/h4,6,8,14-15,17-20,22,24H,3,5,7,9-13H2,1-2H3,(H,26,27)/t14-,15-,17-,18+,19+,20-,22+/m0/s1. The molecule has 0 saturated carbocycles. The maximum atomic E-state index is 11.6. The third kappa shape index (κ3) is 5.05. The van der Waals surface area contributed by atoms with Crippen LogP contribution in [0.15, 0.2) is 23.8 Å². The van der Waals surface area contributed by atoms with E-state index >= 15 is 0 Å². The van der Waals surface area contributed by atoms with Gasteiger partial charge in [0.05, 0.1) is 18.4 Å². The monoisotopic (exact) mass is 390 g/mol. The van der Waals surface area contributed by atoms with Gasteiger partial charge >= 0.3 is 11.9 Å². The Hall–Kier alpha value is -1.62. The molecular formula is C23H34O5. The number of carbonyl (C=O) groups excluding carboxylic acids is 1. The smallest absolute Gasteiger partial charge is 0.308 e. The highest BCUT2D eigenvalue weighted by Gasteiger charge is 2.38. The summed E-state index contributed by atoms with van der Waals surface area (Å²) in [4.78, 5) is 22.9. The lowest BCUT2D eigenvalue weighted by Gasteiger charge is -2.43. The predicted molar refractivity (Wildman–Crippen MR) is 106 cm³/mol. The lowest BCUT2D eigenvalue weighted by atomic mass is 9.62. The summed E-state index contributed by atoms with van der Waals surface area (Å²) in [5, 5.41) is 19.1. The third-order valence-electron chi connectivity index (χ3n) is 6.99. The second kappa shape index (κ2) is 9.25. The summed E-state index contributed by atoms with van der Waals surface area (Å²) in [6.07, 6.45) is 12.4. The van der Waals surface area contributed by atoms with Crippen molar-refractivity contribution < 1.29 is 24.5 Å². The molecule has 2 aliphatic carbocycles. The summed E-state index contributed by atoms with van der Waals surface area (Å²) in [6, 6.07) is 0. The molecule has 0 aromatic carbocycles. The number of fused-ring (bicyclic) bond motifs is 1. The first-order valence-corrected chi connectivity index (χ1v) is 10.8. The van der Waals surface area contributed by atoms with Crippen molar-refractivity contribution in [2.24, 2.45) is 29.6 Å². The summed E-state index contributed by atoms with van der Waals surface area (Å²) < 4.78 is 5.45. The average molecular weight is 391 g/mol. The van der Waals surface area contributed by atoms with Crippen molar-refractivity contribution in [1.29, 1.82) is 0 Å². The predicted octanol–water partition coefficient (Wildman–Crippen LogP) is 4.11. The van der Waals surface area contributed by atoms with Gasteiger partial charge in [0, 0.05) is 6.42 Å². The molecule has 1 aliphatic heterocycles. The summed E-state index contributed by atoms with van der Waals surface area (Å²) >= 11 is 0. The van der Waals surface area contributed by atoms with Gasteiger partial charge in [-0.3, -0.25) is 9.59 Å². The van der Waals surface area contributed by atoms with E-state index < -0.39 is 12.1 Å². The van der Waals surface area contributed by atoms with Crippen molar-refractivity contribution in [3.8, 4) is 0 Å². The van der Waals surface area contributed by atoms with Gasteiger partial charge in [0.1, 0.15) is 6.10 Å². The quantitative estimate of drug-likeness (QED) is 0.639. The molecule has 7 atom stereocenters. The van der Waals surface area contributed by atoms with Gasteiger partial charge in [0.2, 0.25) is 0 Å². The summed E-state index contributed by atoms with van der Waals surface area (Å²) in [6.45, 7) is 4.05. The zero-order valence-electron chi connectivity index (χ0n) is 17.0. The Labute approximate surface area is 167 Å². The number of rotatable bonds is 7. The van der Waals surface area contributed by atoms with Gasteiger partial charge in [0.15, 0.2) is 0 Å². The van der Waals surface area contributed by atoms with E-state index in [0.717, 1.165) is 38.5 Å². The minimum Gasteiger partial charge on any atom is -0.481 e. The van der Waals surface area contributed by atoms with Gasteiger partial charge in [-0.25, -0.2) is 0 Å². The molecule has 156 valence electrons. The maximum absolute atomic E-state index is 11.6. The number of cyclic esters (lactones) is 1. The van der Waals surface area contributed by atoms with Crippen LogP contribution in [-0.2, 0) is 14.3 Å². The molecular weight excluding hydrogens is 356 g/mol. The number of carboxylic acids is 1. The van der Waals surface area contributed by atoms with Gasteiger partial charge < -0.3 is 14.9 Å². The lowest BCUT2D eigenvalue weighted by molar-refractivity contribution is -0.160. The normalized spacial score (nSPS) is 36.2. The van der Waals surface area contributed by atoms with Crippen molar-refractivity contribution in [3.63, 3.8) is 0 Å². The van der Waals surface area contributed by atoms with Crippen molar-refractivity contribution >= 4 is 11.9 Å². The summed E-state index contributed by atoms with van der Waals surface area (Å²) in [5.41, 5.74) is 1.41. The second-order valence-electron chi connectivity index (χ2n) is 9.05. The Balaban J connectivity index is 1.66. The fourth-order valence-corrected chi connectivity index (χ4v) is 5.33. The molecule has 3 aliphatic rings. The van der Waals surface area contributed by atoms with Crippen LogP contribution in [-0.4, -0.2) is 34.4 Å². The fraction of sp³-hybridized carbons (Fsp3) is 0.739. The number of hydrogen-bond acceptors (Lipinski definition) is 4. The van der Waals surface area contributed by atoms with Crippen molar-refractivity contribution in [2.45, 2.75) is 77.4 Å². The van der Waals surface area contributed by atoms with E-state index in [-0.39, 0.29) is 24.4 Å². The van der Waals surface area contributed by atoms with E-state index in [4.69, 9.17) is 4.74 Å². The second-order valence-corrected chi connectivity index (χ2v) is 9.05. The number of esters is 1. The largest absolute Gasteiger partial charge is 0.481 e. The molecule has 0 amide bonds. The number of ether oxygens (including phenoxy) is 1. The minimum absolute atomic E-state index is 0.110. The zero-order valence-corrected chi connectivity index (χ0v) is 17.0. The van der Waals surface area contributed by atoms with Crippen molar-refractivity contribution in [1.82, 2.24) is 0 Å². The van der Waals surface area contributed by atoms with Gasteiger partial charge in [-0.2, -0.15) is 0 Å². The van der Waals surface area contributed by atoms with Crippen LogP contribution < -0.4 is 0 Å². The molecule has 0 unspecified atom stereocenters. The summed E-state index contributed by atoms with van der Waals surface area (Å²) in [5.74, 6) is 0.588.